The number of hydrogen-bond acceptors (Lipinski definition) is 8. The number of nitrogens with one attached hydrogen (secondary N) is 2. The number of para-hydroxylation sites is 1. The smallest absolute Gasteiger partial charge is 0.417 e. The number of ether oxygens (including phenoxy) is 1. The number of rotatable bonds is 7. The molecule has 3 N–H and O–H groups in total. The van der Waals surface area contributed by atoms with Crippen LogP contribution in [0.1, 0.15) is 35.4 Å². The first-order valence-corrected chi connectivity index (χ1v) is 16.1. The Morgan fingerprint density at radius 3 is 2.47 bits per heavy atom. The zero-order valence-electron chi connectivity index (χ0n) is 25.3. The molecule has 254 valence electrons. The molecule has 3 fully saturated rings. The number of aromatic nitrogens is 1. The largest absolute Gasteiger partial charge is 0.491 e. The Balaban J connectivity index is 1.45. The van der Waals surface area contributed by atoms with E-state index in [0.29, 0.717) is 39.7 Å². The number of benzene rings is 2. The third kappa shape index (κ3) is 5.17. The van der Waals surface area contributed by atoms with E-state index in [1.54, 1.807) is 48.5 Å². The minimum Gasteiger partial charge on any atom is -0.491 e. The van der Waals surface area contributed by atoms with Crippen molar-refractivity contribution < 1.29 is 42.2 Å². The Morgan fingerprint density at radius 1 is 1.04 bits per heavy atom. The molecule has 4 aliphatic rings. The normalized spacial score (nSPS) is 27.7. The van der Waals surface area contributed by atoms with Gasteiger partial charge >= 0.3 is 6.18 Å². The van der Waals surface area contributed by atoms with Gasteiger partial charge in [0.1, 0.15) is 12.4 Å². The van der Waals surface area contributed by atoms with E-state index in [1.165, 1.54) is 0 Å². The van der Waals surface area contributed by atoms with Gasteiger partial charge in [-0.05, 0) is 48.6 Å². The summed E-state index contributed by atoms with van der Waals surface area (Å²) in [6.45, 7) is -0.388. The molecule has 7 rings (SSSR count). The number of hydrogen-bond donors (Lipinski definition) is 3. The maximum atomic E-state index is 15.1. The van der Waals surface area contributed by atoms with Gasteiger partial charge in [0.2, 0.25) is 11.8 Å². The monoisotopic (exact) mass is 714 g/mol. The van der Waals surface area contributed by atoms with Crippen molar-refractivity contribution in [2.45, 2.75) is 30.4 Å². The zero-order chi connectivity index (χ0) is 34.8. The van der Waals surface area contributed by atoms with E-state index in [2.05, 4.69) is 15.7 Å². The molecule has 3 aromatic rings. The van der Waals surface area contributed by atoms with E-state index in [4.69, 9.17) is 27.9 Å². The fourth-order valence-electron chi connectivity index (χ4n) is 8.04. The number of pyridine rings is 1. The number of amides is 4. The van der Waals surface area contributed by atoms with Crippen LogP contribution in [-0.4, -0.2) is 51.9 Å². The number of aliphatic hydroxyl groups is 1. The van der Waals surface area contributed by atoms with Crippen molar-refractivity contribution in [2.75, 3.05) is 18.6 Å². The van der Waals surface area contributed by atoms with Crippen molar-refractivity contribution in [3.05, 3.63) is 99.2 Å². The lowest BCUT2D eigenvalue weighted by atomic mass is 9.49. The van der Waals surface area contributed by atoms with Gasteiger partial charge < -0.3 is 9.84 Å². The van der Waals surface area contributed by atoms with Crippen molar-refractivity contribution in [3.63, 3.8) is 0 Å². The Hall–Kier alpha value is -4.46. The number of alkyl halides is 3. The molecule has 2 aromatic carbocycles. The van der Waals surface area contributed by atoms with Gasteiger partial charge in [0, 0.05) is 22.7 Å². The highest BCUT2D eigenvalue weighted by Gasteiger charge is 2.70. The maximum Gasteiger partial charge on any atom is 0.417 e. The summed E-state index contributed by atoms with van der Waals surface area (Å²) in [5, 5.41) is 12.6. The predicted octanol–water partition coefficient (Wildman–Crippen LogP) is 5.05. The summed E-state index contributed by atoms with van der Waals surface area (Å²) in [6.07, 6.45) is -2.15. The molecular formula is C34H27Cl2F3N4O6. The first-order chi connectivity index (χ1) is 23.4. The first-order valence-electron chi connectivity index (χ1n) is 15.4. The third-order valence-electron chi connectivity index (χ3n) is 9.98. The summed E-state index contributed by atoms with van der Waals surface area (Å²) in [4.78, 5) is 59.6. The Labute approximate surface area is 287 Å². The SMILES string of the molecule is O=C1NC(=O)[C@H]2CC=C3[C@@H](C[C@H]4C(=O)N(Nc5ncc(C(F)(F)F)cc5Cl)C(=O)[C@@]4(c4ccc(Cl)cc4)[C@H]3c3ccccc3OCCO)[C@@H]12. The van der Waals surface area contributed by atoms with Crippen LogP contribution < -0.4 is 15.5 Å². The average molecular weight is 716 g/mol. The van der Waals surface area contributed by atoms with Crippen LogP contribution in [0.2, 0.25) is 10.0 Å². The van der Waals surface area contributed by atoms with Crippen LogP contribution in [0.3, 0.4) is 0 Å². The highest BCUT2D eigenvalue weighted by molar-refractivity contribution is 6.33. The maximum absolute atomic E-state index is 15.1. The number of hydrazine groups is 1. The number of aliphatic hydroxyl groups excluding tert-OH is 1. The summed E-state index contributed by atoms with van der Waals surface area (Å²) >= 11 is 12.5. The Kier molecular flexibility index (Phi) is 8.19. The van der Waals surface area contributed by atoms with Gasteiger partial charge in [0.25, 0.3) is 11.8 Å². The highest BCUT2D eigenvalue weighted by Crippen LogP contribution is 2.64. The van der Waals surface area contributed by atoms with Crippen molar-refractivity contribution >= 4 is 52.6 Å². The molecule has 1 saturated carbocycles. The number of nitrogens with zero attached hydrogens (tertiary/aromatic N) is 2. The zero-order valence-corrected chi connectivity index (χ0v) is 26.9. The molecule has 15 heteroatoms. The van der Waals surface area contributed by atoms with Gasteiger partial charge in [-0.15, -0.1) is 0 Å². The number of carbonyl (C=O) groups excluding carboxylic acids is 4. The van der Waals surface area contributed by atoms with E-state index in [-0.39, 0.29) is 31.9 Å². The summed E-state index contributed by atoms with van der Waals surface area (Å²) < 4.78 is 46.1. The van der Waals surface area contributed by atoms with E-state index in [0.717, 1.165) is 5.01 Å². The topological polar surface area (TPSA) is 138 Å². The molecule has 0 unspecified atom stereocenters. The lowest BCUT2D eigenvalue weighted by Crippen LogP contribution is -2.53. The summed E-state index contributed by atoms with van der Waals surface area (Å²) in [5.41, 5.74) is 1.32. The molecule has 2 aliphatic heterocycles. The van der Waals surface area contributed by atoms with Crippen LogP contribution in [0.5, 0.6) is 5.75 Å². The second-order valence-corrected chi connectivity index (χ2v) is 13.2. The van der Waals surface area contributed by atoms with Crippen LogP contribution in [0.15, 0.2) is 72.4 Å². The minimum atomic E-state index is -4.74. The summed E-state index contributed by atoms with van der Waals surface area (Å²) in [5.74, 6) is -6.62. The number of allylic oxidation sites excluding steroid dienone is 2. The summed E-state index contributed by atoms with van der Waals surface area (Å²) in [7, 11) is 0. The van der Waals surface area contributed by atoms with Gasteiger partial charge in [-0.2, -0.15) is 18.2 Å². The van der Waals surface area contributed by atoms with Crippen molar-refractivity contribution in [2.24, 2.45) is 23.7 Å². The fraction of sp³-hybridized carbons (Fsp3) is 0.324. The van der Waals surface area contributed by atoms with E-state index in [9.17, 15) is 32.7 Å². The van der Waals surface area contributed by atoms with E-state index >= 15 is 4.79 Å². The average Bonchev–Trinajstić information content (AvgIpc) is 3.48. The number of carbonyl (C=O) groups is 4. The van der Waals surface area contributed by atoms with Gasteiger partial charge in [-0.3, -0.25) is 29.9 Å². The minimum absolute atomic E-state index is 0.0105. The number of imide groups is 2. The second-order valence-electron chi connectivity index (χ2n) is 12.4. The standard InChI is InChI=1S/C34H27Cl2F3N4O6/c35-18-7-5-16(6-8-18)33-23(31(47)43(32(33)48)42-28-24(36)13-17(15-40-28)34(37,38)39)14-22-19(9-10-21-26(22)30(46)41-29(21)45)27(33)20-3-1-2-4-25(20)49-12-11-44/h1-9,13,15,21-23,26-27,44H,10-12,14H2,(H,40,42)(H,41,45,46)/t21-,22+,23-,26-,27+,33+/m0/s1. The molecule has 6 atom stereocenters. The second kappa shape index (κ2) is 12.1. The molecule has 10 nitrogen and oxygen atoms in total. The lowest BCUT2D eigenvalue weighted by molar-refractivity contribution is -0.139. The molecule has 0 radical (unpaired) electrons. The van der Waals surface area contributed by atoms with Crippen LogP contribution in [0, 0.1) is 23.7 Å². The van der Waals surface area contributed by atoms with Crippen LogP contribution in [-0.2, 0) is 30.8 Å². The quantitative estimate of drug-likeness (QED) is 0.229. The van der Waals surface area contributed by atoms with Crippen molar-refractivity contribution in [3.8, 4) is 5.75 Å². The van der Waals surface area contributed by atoms with Gasteiger partial charge in [-0.1, -0.05) is 65.2 Å². The van der Waals surface area contributed by atoms with Crippen molar-refractivity contribution in [1.82, 2.24) is 15.3 Å². The Morgan fingerprint density at radius 2 is 1.78 bits per heavy atom. The molecule has 0 spiro atoms. The predicted molar refractivity (Wildman–Crippen MR) is 169 cm³/mol. The Bertz CT molecular complexity index is 1920. The first kappa shape index (κ1) is 33.1. The fourth-order valence-corrected chi connectivity index (χ4v) is 8.38. The summed E-state index contributed by atoms with van der Waals surface area (Å²) in [6, 6.07) is 13.9. The molecule has 0 bridgehead atoms. The van der Waals surface area contributed by atoms with Crippen molar-refractivity contribution in [1.29, 1.82) is 0 Å². The van der Waals surface area contributed by atoms with Gasteiger partial charge in [0.05, 0.1) is 40.4 Å². The lowest BCUT2D eigenvalue weighted by Gasteiger charge is -2.50. The van der Waals surface area contributed by atoms with E-state index in [1.807, 2.05) is 6.08 Å². The van der Waals surface area contributed by atoms with Gasteiger partial charge in [-0.25, -0.2) is 4.98 Å². The van der Waals surface area contributed by atoms with Crippen LogP contribution in [0.4, 0.5) is 19.0 Å². The van der Waals surface area contributed by atoms with Crippen LogP contribution in [0.25, 0.3) is 0 Å². The molecule has 1 aromatic heterocycles. The third-order valence-corrected chi connectivity index (χ3v) is 10.5. The molecule has 49 heavy (non-hydrogen) atoms. The number of anilines is 1. The number of fused-ring (bicyclic) bond motifs is 4. The molecule has 3 heterocycles. The number of halogens is 5. The molecule has 4 amide bonds. The van der Waals surface area contributed by atoms with E-state index < -0.39 is 75.4 Å². The molecular weight excluding hydrogens is 688 g/mol. The molecule has 2 aliphatic carbocycles. The highest BCUT2D eigenvalue weighted by atomic mass is 35.5. The van der Waals surface area contributed by atoms with Crippen LogP contribution >= 0.6 is 23.2 Å². The van der Waals surface area contributed by atoms with Gasteiger partial charge in [0.15, 0.2) is 5.82 Å². The molecule has 2 saturated heterocycles.